The second-order valence-electron chi connectivity index (χ2n) is 3.11. The topological polar surface area (TPSA) is 43.8 Å². The summed E-state index contributed by atoms with van der Waals surface area (Å²) in [5.74, 6) is 0. The monoisotopic (exact) mass is 187 g/mol. The Morgan fingerprint density at radius 3 is 2.83 bits per heavy atom. The minimum absolute atomic E-state index is 0.218. The van der Waals surface area contributed by atoms with Gasteiger partial charge < -0.3 is 10.3 Å². The number of halogens is 1. The van der Waals surface area contributed by atoms with Crippen LogP contribution >= 0.6 is 11.6 Å². The predicted molar refractivity (Wildman–Crippen MR) is 50.2 cm³/mol. The molecule has 1 heterocycles. The zero-order valence-electron chi connectivity index (χ0n) is 7.42. The van der Waals surface area contributed by atoms with Gasteiger partial charge in [0.2, 0.25) is 0 Å². The fourth-order valence-electron chi connectivity index (χ4n) is 1.07. The highest BCUT2D eigenvalue weighted by Crippen LogP contribution is 2.14. The van der Waals surface area contributed by atoms with E-state index in [1.54, 1.807) is 6.33 Å². The number of aromatic nitrogens is 2. The minimum atomic E-state index is 0.218. The second-order valence-corrected chi connectivity index (χ2v) is 3.47. The Kier molecular flexibility index (Phi) is 3.12. The van der Waals surface area contributed by atoms with Gasteiger partial charge in [-0.2, -0.15) is 0 Å². The van der Waals surface area contributed by atoms with Crippen LogP contribution in [0, 0.1) is 0 Å². The van der Waals surface area contributed by atoms with E-state index >= 15 is 0 Å². The molecule has 0 aromatic carbocycles. The average molecular weight is 188 g/mol. The van der Waals surface area contributed by atoms with Crippen molar-refractivity contribution in [1.82, 2.24) is 9.55 Å². The van der Waals surface area contributed by atoms with Crippen LogP contribution in [0.25, 0.3) is 0 Å². The molecule has 3 nitrogen and oxygen atoms in total. The van der Waals surface area contributed by atoms with Crippen molar-refractivity contribution >= 4 is 11.6 Å². The van der Waals surface area contributed by atoms with Crippen LogP contribution in [0.15, 0.2) is 6.33 Å². The molecule has 0 aliphatic heterocycles. The van der Waals surface area contributed by atoms with Gasteiger partial charge in [-0.1, -0.05) is 11.6 Å². The lowest BCUT2D eigenvalue weighted by Crippen LogP contribution is -2.16. The smallest absolute Gasteiger partial charge is 0.150 e. The lowest BCUT2D eigenvalue weighted by molar-refractivity contribution is 0.644. The highest BCUT2D eigenvalue weighted by atomic mass is 35.5. The van der Waals surface area contributed by atoms with Crippen molar-refractivity contribution in [3.63, 3.8) is 0 Å². The van der Waals surface area contributed by atoms with Crippen molar-refractivity contribution in [1.29, 1.82) is 0 Å². The van der Waals surface area contributed by atoms with Crippen molar-refractivity contribution in [2.75, 3.05) is 0 Å². The summed E-state index contributed by atoms with van der Waals surface area (Å²) in [5.41, 5.74) is 6.70. The molecule has 0 saturated heterocycles. The molecule has 1 rings (SSSR count). The molecule has 1 atom stereocenters. The van der Waals surface area contributed by atoms with Gasteiger partial charge in [0, 0.05) is 13.1 Å². The van der Waals surface area contributed by atoms with E-state index in [4.69, 9.17) is 17.3 Å². The molecule has 12 heavy (non-hydrogen) atoms. The SMILES string of the molecule is CC(N)CCc1c(Cl)ncn1C. The summed E-state index contributed by atoms with van der Waals surface area (Å²) in [5, 5.41) is 0.596. The molecule has 68 valence electrons. The Bertz CT molecular complexity index is 235. The fraction of sp³-hybridized carbons (Fsp3) is 0.625. The number of nitrogens with two attached hydrogens (primary N) is 1. The molecule has 1 aromatic heterocycles. The Labute approximate surface area is 77.5 Å². The summed E-state index contributed by atoms with van der Waals surface area (Å²) in [7, 11) is 1.94. The van der Waals surface area contributed by atoms with Gasteiger partial charge >= 0.3 is 0 Å². The van der Waals surface area contributed by atoms with Gasteiger partial charge in [0.05, 0.1) is 12.0 Å². The van der Waals surface area contributed by atoms with Crippen molar-refractivity contribution in [2.24, 2.45) is 12.8 Å². The maximum Gasteiger partial charge on any atom is 0.150 e. The third-order valence-corrected chi connectivity index (χ3v) is 2.16. The Morgan fingerprint density at radius 2 is 2.42 bits per heavy atom. The molecule has 4 heteroatoms. The minimum Gasteiger partial charge on any atom is -0.336 e. The Morgan fingerprint density at radius 1 is 1.75 bits per heavy atom. The molecule has 0 bridgehead atoms. The standard InChI is InChI=1S/C8H14ClN3/c1-6(10)3-4-7-8(9)11-5-12(7)2/h5-6H,3-4,10H2,1-2H3. The van der Waals surface area contributed by atoms with Crippen LogP contribution in [-0.4, -0.2) is 15.6 Å². The highest BCUT2D eigenvalue weighted by Gasteiger charge is 2.06. The van der Waals surface area contributed by atoms with E-state index < -0.39 is 0 Å². The number of rotatable bonds is 3. The van der Waals surface area contributed by atoms with Gasteiger partial charge in [0.1, 0.15) is 5.15 Å². The third-order valence-electron chi connectivity index (χ3n) is 1.84. The molecule has 1 unspecified atom stereocenters. The van der Waals surface area contributed by atoms with Crippen LogP contribution in [0.2, 0.25) is 5.15 Å². The van der Waals surface area contributed by atoms with Gasteiger partial charge in [-0.3, -0.25) is 0 Å². The predicted octanol–water partition coefficient (Wildman–Crippen LogP) is 1.35. The number of imidazole rings is 1. The maximum absolute atomic E-state index is 5.86. The van der Waals surface area contributed by atoms with Crippen LogP contribution in [0.4, 0.5) is 0 Å². The van der Waals surface area contributed by atoms with E-state index in [0.29, 0.717) is 5.15 Å². The molecule has 0 fully saturated rings. The Hall–Kier alpha value is -0.540. The average Bonchev–Trinajstić information content (AvgIpc) is 2.28. The lowest BCUT2D eigenvalue weighted by atomic mass is 10.1. The van der Waals surface area contributed by atoms with Gasteiger partial charge in [0.25, 0.3) is 0 Å². The first-order valence-electron chi connectivity index (χ1n) is 4.02. The van der Waals surface area contributed by atoms with Gasteiger partial charge in [-0.15, -0.1) is 0 Å². The Balaban J connectivity index is 2.62. The van der Waals surface area contributed by atoms with E-state index in [0.717, 1.165) is 18.5 Å². The van der Waals surface area contributed by atoms with Crippen LogP contribution in [-0.2, 0) is 13.5 Å². The van der Waals surface area contributed by atoms with Crippen LogP contribution in [0.5, 0.6) is 0 Å². The molecule has 0 saturated carbocycles. The summed E-state index contributed by atoms with van der Waals surface area (Å²) < 4.78 is 1.94. The van der Waals surface area contributed by atoms with Crippen molar-refractivity contribution in [3.8, 4) is 0 Å². The molecule has 0 amide bonds. The van der Waals surface area contributed by atoms with E-state index in [2.05, 4.69) is 4.98 Å². The second kappa shape index (κ2) is 3.92. The first-order valence-corrected chi connectivity index (χ1v) is 4.40. The first-order chi connectivity index (χ1) is 5.61. The van der Waals surface area contributed by atoms with Crippen molar-refractivity contribution in [2.45, 2.75) is 25.8 Å². The van der Waals surface area contributed by atoms with Crippen LogP contribution < -0.4 is 5.73 Å². The highest BCUT2D eigenvalue weighted by molar-refractivity contribution is 6.30. The first kappa shape index (κ1) is 9.55. The normalized spacial score (nSPS) is 13.3. The third kappa shape index (κ3) is 2.22. The number of hydrogen-bond donors (Lipinski definition) is 1. The van der Waals surface area contributed by atoms with Gasteiger partial charge in [-0.05, 0) is 19.8 Å². The fourth-order valence-corrected chi connectivity index (χ4v) is 1.34. The van der Waals surface area contributed by atoms with Gasteiger partial charge in [-0.25, -0.2) is 4.98 Å². The largest absolute Gasteiger partial charge is 0.336 e. The number of hydrogen-bond acceptors (Lipinski definition) is 2. The van der Waals surface area contributed by atoms with Crippen molar-refractivity contribution in [3.05, 3.63) is 17.2 Å². The summed E-state index contributed by atoms with van der Waals surface area (Å²) in [6.45, 7) is 1.99. The van der Waals surface area contributed by atoms with Crippen LogP contribution in [0.1, 0.15) is 19.0 Å². The number of nitrogens with zero attached hydrogens (tertiary/aromatic N) is 2. The van der Waals surface area contributed by atoms with Crippen molar-refractivity contribution < 1.29 is 0 Å². The summed E-state index contributed by atoms with van der Waals surface area (Å²) >= 11 is 5.86. The molecular weight excluding hydrogens is 174 g/mol. The molecule has 0 spiro atoms. The summed E-state index contributed by atoms with van der Waals surface area (Å²) in [6.07, 6.45) is 3.56. The summed E-state index contributed by atoms with van der Waals surface area (Å²) in [4.78, 5) is 3.98. The molecular formula is C8H14ClN3. The molecule has 1 aromatic rings. The van der Waals surface area contributed by atoms with E-state index in [9.17, 15) is 0 Å². The maximum atomic E-state index is 5.86. The zero-order valence-corrected chi connectivity index (χ0v) is 8.17. The van der Waals surface area contributed by atoms with E-state index in [1.807, 2.05) is 18.5 Å². The molecule has 0 aliphatic rings. The van der Waals surface area contributed by atoms with E-state index in [1.165, 1.54) is 0 Å². The lowest BCUT2D eigenvalue weighted by Gasteiger charge is -2.05. The molecule has 0 aliphatic carbocycles. The number of aryl methyl sites for hydroxylation is 1. The quantitative estimate of drug-likeness (QED) is 0.777. The van der Waals surface area contributed by atoms with Gasteiger partial charge in [0.15, 0.2) is 0 Å². The molecule has 0 radical (unpaired) electrons. The zero-order chi connectivity index (χ0) is 9.14. The van der Waals surface area contributed by atoms with E-state index in [-0.39, 0.29) is 6.04 Å². The van der Waals surface area contributed by atoms with Crippen LogP contribution in [0.3, 0.4) is 0 Å². The summed E-state index contributed by atoms with van der Waals surface area (Å²) in [6, 6.07) is 0.218. The molecule has 2 N–H and O–H groups in total.